The molecule has 1 aliphatic heterocycles. The van der Waals surface area contributed by atoms with E-state index in [1.165, 1.54) is 6.42 Å². The van der Waals surface area contributed by atoms with Gasteiger partial charge in [0.05, 0.1) is 6.10 Å². The van der Waals surface area contributed by atoms with E-state index in [0.29, 0.717) is 5.92 Å². The Labute approximate surface area is 194 Å². The van der Waals surface area contributed by atoms with E-state index in [9.17, 15) is 0 Å². The number of anilines is 1. The van der Waals surface area contributed by atoms with Crippen LogP contribution < -0.4 is 16.0 Å². The van der Waals surface area contributed by atoms with Gasteiger partial charge in [0.2, 0.25) is 0 Å². The van der Waals surface area contributed by atoms with E-state index in [2.05, 4.69) is 48.6 Å². The fourth-order valence-corrected chi connectivity index (χ4v) is 3.68. The highest BCUT2D eigenvalue weighted by molar-refractivity contribution is 14.0. The van der Waals surface area contributed by atoms with E-state index in [4.69, 9.17) is 9.73 Å². The van der Waals surface area contributed by atoms with Crippen molar-refractivity contribution in [3.8, 4) is 0 Å². The van der Waals surface area contributed by atoms with Crippen molar-refractivity contribution >= 4 is 35.8 Å². The molecule has 166 valence electrons. The van der Waals surface area contributed by atoms with E-state index >= 15 is 0 Å². The number of hydrogen-bond donors (Lipinski definition) is 3. The Morgan fingerprint density at radius 2 is 2.00 bits per heavy atom. The van der Waals surface area contributed by atoms with Crippen LogP contribution in [0.5, 0.6) is 0 Å². The number of rotatable bonds is 9. The molecule has 2 heterocycles. The molecule has 0 radical (unpaired) electrons. The van der Waals surface area contributed by atoms with Gasteiger partial charge in [0.25, 0.3) is 0 Å². The maximum absolute atomic E-state index is 6.09. The number of nitrogens with one attached hydrogen (secondary N) is 3. The molecular formula is C22H40IN5O. The van der Waals surface area contributed by atoms with Gasteiger partial charge in [-0.05, 0) is 50.2 Å². The molecule has 1 aromatic heterocycles. The Balaban J connectivity index is 0.00000420. The van der Waals surface area contributed by atoms with Gasteiger partial charge in [-0.15, -0.1) is 24.0 Å². The third-order valence-corrected chi connectivity index (χ3v) is 4.99. The summed E-state index contributed by atoms with van der Waals surface area (Å²) < 4.78 is 6.09. The Morgan fingerprint density at radius 3 is 2.69 bits per heavy atom. The van der Waals surface area contributed by atoms with Crippen LogP contribution in [-0.4, -0.2) is 49.8 Å². The molecule has 7 heteroatoms. The fraction of sp³-hybridized carbons (Fsp3) is 0.727. The molecule has 0 aliphatic carbocycles. The van der Waals surface area contributed by atoms with E-state index < -0.39 is 0 Å². The van der Waals surface area contributed by atoms with Crippen LogP contribution >= 0.6 is 24.0 Å². The van der Waals surface area contributed by atoms with Crippen LogP contribution in [0, 0.1) is 11.3 Å². The Morgan fingerprint density at radius 1 is 1.21 bits per heavy atom. The predicted molar refractivity (Wildman–Crippen MR) is 133 cm³/mol. The number of guanidine groups is 1. The standard InChI is InChI=1S/C22H39N5O.HI/c1-5-23-21(26-15-9-8-14-25-19-12-6-7-13-24-19)27-17-18-11-10-16-28-20(18)22(2,3)4;/h6-7,12-13,18,20H,5,8-11,14-17H2,1-4H3,(H,24,25)(H2,23,26,27);1H. The number of unbranched alkanes of at least 4 members (excludes halogenated alkanes) is 1. The molecule has 1 aliphatic rings. The number of ether oxygens (including phenoxy) is 1. The summed E-state index contributed by atoms with van der Waals surface area (Å²) in [5.41, 5.74) is 0.160. The van der Waals surface area contributed by atoms with Crippen molar-refractivity contribution in [1.29, 1.82) is 0 Å². The number of nitrogens with zero attached hydrogens (tertiary/aromatic N) is 2. The Bertz CT molecular complexity index is 576. The van der Waals surface area contributed by atoms with Crippen molar-refractivity contribution in [2.24, 2.45) is 16.3 Å². The summed E-state index contributed by atoms with van der Waals surface area (Å²) in [6.07, 6.45) is 6.60. The van der Waals surface area contributed by atoms with Crippen LogP contribution in [0.15, 0.2) is 29.4 Å². The molecule has 1 aromatic rings. The van der Waals surface area contributed by atoms with Gasteiger partial charge in [0, 0.05) is 44.9 Å². The molecule has 0 amide bonds. The lowest BCUT2D eigenvalue weighted by Crippen LogP contribution is -2.43. The van der Waals surface area contributed by atoms with Crippen molar-refractivity contribution in [2.45, 2.75) is 59.5 Å². The minimum absolute atomic E-state index is 0. The summed E-state index contributed by atoms with van der Waals surface area (Å²) >= 11 is 0. The molecule has 0 bridgehead atoms. The zero-order chi connectivity index (χ0) is 20.2. The second kappa shape index (κ2) is 14.0. The van der Waals surface area contributed by atoms with Crippen LogP contribution in [-0.2, 0) is 4.74 Å². The molecule has 0 saturated carbocycles. The second-order valence-electron chi connectivity index (χ2n) is 8.55. The summed E-state index contributed by atoms with van der Waals surface area (Å²) in [5, 5.41) is 10.2. The quantitative estimate of drug-likeness (QED) is 0.197. The predicted octanol–water partition coefficient (Wildman–Crippen LogP) is 4.29. The first-order valence-corrected chi connectivity index (χ1v) is 10.8. The summed E-state index contributed by atoms with van der Waals surface area (Å²) in [6.45, 7) is 13.3. The number of aliphatic imine (C=N–C) groups is 1. The van der Waals surface area contributed by atoms with Crippen molar-refractivity contribution in [3.63, 3.8) is 0 Å². The van der Waals surface area contributed by atoms with Gasteiger partial charge < -0.3 is 20.7 Å². The fourth-order valence-electron chi connectivity index (χ4n) is 3.68. The topological polar surface area (TPSA) is 70.6 Å². The first-order valence-electron chi connectivity index (χ1n) is 10.8. The van der Waals surface area contributed by atoms with Gasteiger partial charge in [-0.1, -0.05) is 26.8 Å². The normalized spacial score (nSPS) is 19.9. The van der Waals surface area contributed by atoms with E-state index in [1.54, 1.807) is 0 Å². The van der Waals surface area contributed by atoms with Crippen LogP contribution in [0.1, 0.15) is 53.4 Å². The molecule has 29 heavy (non-hydrogen) atoms. The van der Waals surface area contributed by atoms with Gasteiger partial charge in [-0.3, -0.25) is 4.99 Å². The van der Waals surface area contributed by atoms with Gasteiger partial charge in [-0.25, -0.2) is 4.98 Å². The Kier molecular flexibility index (Phi) is 12.5. The molecule has 1 saturated heterocycles. The highest BCUT2D eigenvalue weighted by Crippen LogP contribution is 2.34. The molecule has 3 N–H and O–H groups in total. The molecule has 6 nitrogen and oxygen atoms in total. The zero-order valence-corrected chi connectivity index (χ0v) is 20.9. The molecule has 2 unspecified atom stereocenters. The minimum atomic E-state index is 0. The zero-order valence-electron chi connectivity index (χ0n) is 18.5. The first-order chi connectivity index (χ1) is 13.5. The third kappa shape index (κ3) is 9.98. The third-order valence-electron chi connectivity index (χ3n) is 4.99. The SMILES string of the molecule is CCNC(=NCC1CCCOC1C(C)(C)C)NCCCCNc1ccccn1.I. The van der Waals surface area contributed by atoms with Crippen LogP contribution in [0.4, 0.5) is 5.82 Å². The summed E-state index contributed by atoms with van der Waals surface area (Å²) in [6, 6.07) is 5.92. The van der Waals surface area contributed by atoms with Gasteiger partial charge in [0.15, 0.2) is 5.96 Å². The van der Waals surface area contributed by atoms with Crippen molar-refractivity contribution in [3.05, 3.63) is 24.4 Å². The molecular weight excluding hydrogens is 477 g/mol. The molecule has 1 fully saturated rings. The molecule has 0 aromatic carbocycles. The van der Waals surface area contributed by atoms with Crippen molar-refractivity contribution < 1.29 is 4.74 Å². The van der Waals surface area contributed by atoms with E-state index in [0.717, 1.165) is 63.8 Å². The van der Waals surface area contributed by atoms with Gasteiger partial charge in [0.1, 0.15) is 5.82 Å². The minimum Gasteiger partial charge on any atom is -0.377 e. The Hall–Kier alpha value is -1.09. The summed E-state index contributed by atoms with van der Waals surface area (Å²) in [5.74, 6) is 2.35. The average Bonchev–Trinajstić information content (AvgIpc) is 2.69. The van der Waals surface area contributed by atoms with Crippen LogP contribution in [0.3, 0.4) is 0 Å². The largest absolute Gasteiger partial charge is 0.377 e. The number of hydrogen-bond acceptors (Lipinski definition) is 4. The molecule has 0 spiro atoms. The van der Waals surface area contributed by atoms with Crippen LogP contribution in [0.2, 0.25) is 0 Å². The van der Waals surface area contributed by atoms with Crippen molar-refractivity contribution in [1.82, 2.24) is 15.6 Å². The lowest BCUT2D eigenvalue weighted by molar-refractivity contribution is -0.0823. The maximum Gasteiger partial charge on any atom is 0.191 e. The highest BCUT2D eigenvalue weighted by Gasteiger charge is 2.35. The first kappa shape index (κ1) is 25.9. The highest BCUT2D eigenvalue weighted by atomic mass is 127. The summed E-state index contributed by atoms with van der Waals surface area (Å²) in [7, 11) is 0. The number of aromatic nitrogens is 1. The smallest absolute Gasteiger partial charge is 0.191 e. The maximum atomic E-state index is 6.09. The molecule has 2 atom stereocenters. The number of halogens is 1. The lowest BCUT2D eigenvalue weighted by atomic mass is 9.78. The van der Waals surface area contributed by atoms with Crippen molar-refractivity contribution in [2.75, 3.05) is 38.1 Å². The average molecular weight is 518 g/mol. The van der Waals surface area contributed by atoms with Gasteiger partial charge in [-0.2, -0.15) is 0 Å². The van der Waals surface area contributed by atoms with E-state index in [-0.39, 0.29) is 35.5 Å². The molecule has 2 rings (SSSR count). The van der Waals surface area contributed by atoms with Crippen LogP contribution in [0.25, 0.3) is 0 Å². The second-order valence-corrected chi connectivity index (χ2v) is 8.55. The van der Waals surface area contributed by atoms with Gasteiger partial charge >= 0.3 is 0 Å². The lowest BCUT2D eigenvalue weighted by Gasteiger charge is -2.39. The van der Waals surface area contributed by atoms with E-state index in [1.807, 2.05) is 24.4 Å². The monoisotopic (exact) mass is 517 g/mol. The summed E-state index contributed by atoms with van der Waals surface area (Å²) in [4.78, 5) is 9.13. The number of pyridine rings is 1.